The molecule has 1 aromatic heterocycles. The summed E-state index contributed by atoms with van der Waals surface area (Å²) in [5, 5.41) is 3.00. The second kappa shape index (κ2) is 7.11. The first-order chi connectivity index (χ1) is 7.68. The van der Waals surface area contributed by atoms with Crippen LogP contribution in [0.1, 0.15) is 20.3 Å². The molecule has 0 aliphatic rings. The Kier molecular flexibility index (Phi) is 5.71. The molecule has 4 nitrogen and oxygen atoms in total. The molecule has 0 radical (unpaired) electrons. The molecule has 0 fully saturated rings. The predicted molar refractivity (Wildman–Crippen MR) is 60.8 cm³/mol. The Bertz CT molecular complexity index is 307. The van der Waals surface area contributed by atoms with Crippen molar-refractivity contribution in [3.8, 4) is 0 Å². The van der Waals surface area contributed by atoms with Crippen molar-refractivity contribution in [1.82, 2.24) is 9.97 Å². The molecule has 0 saturated heterocycles. The van der Waals surface area contributed by atoms with Crippen LogP contribution in [0.5, 0.6) is 0 Å². The van der Waals surface area contributed by atoms with E-state index >= 15 is 0 Å². The van der Waals surface area contributed by atoms with Crippen molar-refractivity contribution in [1.29, 1.82) is 0 Å². The third-order valence-electron chi connectivity index (χ3n) is 1.86. The Morgan fingerprint density at radius 1 is 1.44 bits per heavy atom. The summed E-state index contributed by atoms with van der Waals surface area (Å²) in [5.41, 5.74) is 0. The fourth-order valence-electron chi connectivity index (χ4n) is 1.14. The molecule has 0 spiro atoms. The Morgan fingerprint density at radius 3 is 2.94 bits per heavy atom. The van der Waals surface area contributed by atoms with Gasteiger partial charge in [-0.25, -0.2) is 9.97 Å². The summed E-state index contributed by atoms with van der Waals surface area (Å²) in [7, 11) is 0. The molecular formula is C11H18FN3O. The molecule has 0 aliphatic heterocycles. The minimum Gasteiger partial charge on any atom is -0.381 e. The van der Waals surface area contributed by atoms with Crippen molar-refractivity contribution in [2.75, 3.05) is 25.1 Å². The van der Waals surface area contributed by atoms with Gasteiger partial charge in [0, 0.05) is 25.8 Å². The maximum atomic E-state index is 12.7. The van der Waals surface area contributed by atoms with Gasteiger partial charge in [0.1, 0.15) is 12.1 Å². The normalized spacial score (nSPS) is 10.8. The van der Waals surface area contributed by atoms with E-state index in [9.17, 15) is 4.39 Å². The van der Waals surface area contributed by atoms with Crippen molar-refractivity contribution >= 4 is 5.82 Å². The molecule has 0 unspecified atom stereocenters. The average Bonchev–Trinajstić information content (AvgIpc) is 2.23. The van der Waals surface area contributed by atoms with Gasteiger partial charge in [0.2, 0.25) is 5.95 Å². The van der Waals surface area contributed by atoms with Crippen LogP contribution in [0.3, 0.4) is 0 Å². The largest absolute Gasteiger partial charge is 0.381 e. The number of rotatable bonds is 7. The quantitative estimate of drug-likeness (QED) is 0.572. The molecule has 0 saturated carbocycles. The topological polar surface area (TPSA) is 47.0 Å². The van der Waals surface area contributed by atoms with Crippen molar-refractivity contribution in [2.24, 2.45) is 5.92 Å². The minimum atomic E-state index is -0.520. The second-order valence-corrected chi connectivity index (χ2v) is 3.98. The summed E-state index contributed by atoms with van der Waals surface area (Å²) in [6, 6.07) is 1.27. The number of hydrogen-bond donors (Lipinski definition) is 1. The molecule has 16 heavy (non-hydrogen) atoms. The molecule has 1 N–H and O–H groups in total. The van der Waals surface area contributed by atoms with Crippen LogP contribution in [-0.2, 0) is 4.74 Å². The molecular weight excluding hydrogens is 209 g/mol. The zero-order chi connectivity index (χ0) is 11.8. The van der Waals surface area contributed by atoms with Gasteiger partial charge in [-0.1, -0.05) is 13.8 Å². The number of aromatic nitrogens is 2. The Morgan fingerprint density at radius 2 is 2.25 bits per heavy atom. The highest BCUT2D eigenvalue weighted by Gasteiger charge is 1.97. The maximum absolute atomic E-state index is 12.7. The smallest absolute Gasteiger partial charge is 0.217 e. The second-order valence-electron chi connectivity index (χ2n) is 3.98. The Hall–Kier alpha value is -1.23. The average molecular weight is 227 g/mol. The van der Waals surface area contributed by atoms with Crippen LogP contribution in [0.15, 0.2) is 12.4 Å². The molecule has 90 valence electrons. The van der Waals surface area contributed by atoms with Gasteiger partial charge in [-0.15, -0.1) is 0 Å². The number of ether oxygens (including phenoxy) is 1. The first-order valence-electron chi connectivity index (χ1n) is 5.47. The maximum Gasteiger partial charge on any atom is 0.217 e. The predicted octanol–water partition coefficient (Wildman–Crippen LogP) is 2.09. The zero-order valence-electron chi connectivity index (χ0n) is 9.74. The first-order valence-corrected chi connectivity index (χ1v) is 5.47. The van der Waals surface area contributed by atoms with Crippen molar-refractivity contribution < 1.29 is 9.13 Å². The van der Waals surface area contributed by atoms with Crippen LogP contribution in [-0.4, -0.2) is 29.7 Å². The highest BCUT2D eigenvalue weighted by atomic mass is 19.1. The van der Waals surface area contributed by atoms with E-state index in [1.807, 2.05) is 0 Å². The lowest BCUT2D eigenvalue weighted by molar-refractivity contribution is 0.110. The van der Waals surface area contributed by atoms with Gasteiger partial charge < -0.3 is 10.1 Å². The Labute approximate surface area is 95.3 Å². The van der Waals surface area contributed by atoms with Gasteiger partial charge >= 0.3 is 0 Å². The lowest BCUT2D eigenvalue weighted by Crippen LogP contribution is -2.09. The molecule has 0 aliphatic carbocycles. The van der Waals surface area contributed by atoms with Gasteiger partial charge in [0.25, 0.3) is 0 Å². The van der Waals surface area contributed by atoms with E-state index in [0.717, 1.165) is 13.0 Å². The number of halogens is 1. The number of nitrogens with zero attached hydrogens (tertiary/aromatic N) is 2. The van der Waals surface area contributed by atoms with Crippen LogP contribution < -0.4 is 5.32 Å². The molecule has 1 rings (SSSR count). The summed E-state index contributed by atoms with van der Waals surface area (Å²) in [4.78, 5) is 7.26. The highest BCUT2D eigenvalue weighted by Crippen LogP contribution is 2.02. The first kappa shape index (κ1) is 12.8. The number of hydrogen-bond acceptors (Lipinski definition) is 4. The Balaban J connectivity index is 2.07. The van der Waals surface area contributed by atoms with E-state index in [0.29, 0.717) is 24.9 Å². The summed E-state index contributed by atoms with van der Waals surface area (Å²) < 4.78 is 18.1. The summed E-state index contributed by atoms with van der Waals surface area (Å²) in [5.74, 6) is 0.550. The zero-order valence-corrected chi connectivity index (χ0v) is 9.74. The van der Waals surface area contributed by atoms with Gasteiger partial charge in [-0.05, 0) is 12.3 Å². The van der Waals surface area contributed by atoms with Gasteiger partial charge in [-0.2, -0.15) is 4.39 Å². The third-order valence-corrected chi connectivity index (χ3v) is 1.86. The van der Waals surface area contributed by atoms with E-state index < -0.39 is 5.95 Å². The van der Waals surface area contributed by atoms with Crippen LogP contribution >= 0.6 is 0 Å². The highest BCUT2D eigenvalue weighted by molar-refractivity contribution is 5.31. The van der Waals surface area contributed by atoms with E-state index in [2.05, 4.69) is 29.1 Å². The standard InChI is InChI=1S/C11H18FN3O/c1-9(2)7-16-5-3-4-13-11-6-10(12)14-8-15-11/h6,8-9H,3-5,7H2,1-2H3,(H,13,14,15). The molecule has 1 heterocycles. The van der Waals surface area contributed by atoms with Crippen molar-refractivity contribution in [2.45, 2.75) is 20.3 Å². The number of anilines is 1. The van der Waals surface area contributed by atoms with Crippen LogP contribution in [0.2, 0.25) is 0 Å². The lowest BCUT2D eigenvalue weighted by Gasteiger charge is -2.07. The van der Waals surface area contributed by atoms with Crippen LogP contribution in [0.25, 0.3) is 0 Å². The van der Waals surface area contributed by atoms with E-state index in [4.69, 9.17) is 4.74 Å². The molecule has 0 aromatic carbocycles. The van der Waals surface area contributed by atoms with E-state index in [1.54, 1.807) is 0 Å². The van der Waals surface area contributed by atoms with Crippen molar-refractivity contribution in [3.05, 3.63) is 18.3 Å². The summed E-state index contributed by atoms with van der Waals surface area (Å²) >= 11 is 0. The molecule has 0 atom stereocenters. The van der Waals surface area contributed by atoms with Crippen molar-refractivity contribution in [3.63, 3.8) is 0 Å². The summed E-state index contributed by atoms with van der Waals surface area (Å²) in [6.07, 6.45) is 2.07. The molecule has 0 amide bonds. The SMILES string of the molecule is CC(C)COCCCNc1cc(F)ncn1. The fraction of sp³-hybridized carbons (Fsp3) is 0.636. The monoisotopic (exact) mass is 227 g/mol. The molecule has 1 aromatic rings. The third kappa shape index (κ3) is 5.60. The van der Waals surface area contributed by atoms with E-state index in [-0.39, 0.29) is 0 Å². The number of nitrogens with one attached hydrogen (secondary N) is 1. The van der Waals surface area contributed by atoms with Gasteiger partial charge in [-0.3, -0.25) is 0 Å². The van der Waals surface area contributed by atoms with Crippen LogP contribution in [0, 0.1) is 11.9 Å². The van der Waals surface area contributed by atoms with Crippen LogP contribution in [0.4, 0.5) is 10.2 Å². The lowest BCUT2D eigenvalue weighted by atomic mass is 10.2. The molecule has 5 heteroatoms. The van der Waals surface area contributed by atoms with E-state index in [1.165, 1.54) is 12.4 Å². The van der Waals surface area contributed by atoms with Gasteiger partial charge in [0.15, 0.2) is 0 Å². The van der Waals surface area contributed by atoms with Gasteiger partial charge in [0.05, 0.1) is 0 Å². The minimum absolute atomic E-state index is 0.511. The molecule has 0 bridgehead atoms. The fourth-order valence-corrected chi connectivity index (χ4v) is 1.14. The summed E-state index contributed by atoms with van der Waals surface area (Å²) in [6.45, 7) is 6.43.